The molecule has 0 saturated heterocycles. The number of carbonyl (C=O) groups excluding carboxylic acids is 1. The SMILES string of the molecule is Cc1cc(C)cc(CC(=O)CC(C)(C)N)c1. The van der Waals surface area contributed by atoms with Crippen LogP contribution >= 0.6 is 0 Å². The lowest BCUT2D eigenvalue weighted by atomic mass is 9.94. The van der Waals surface area contributed by atoms with Crippen LogP contribution in [-0.4, -0.2) is 11.3 Å². The monoisotopic (exact) mass is 219 g/mol. The fourth-order valence-electron chi connectivity index (χ4n) is 1.97. The van der Waals surface area contributed by atoms with Gasteiger partial charge < -0.3 is 5.73 Å². The van der Waals surface area contributed by atoms with Gasteiger partial charge in [0.25, 0.3) is 0 Å². The molecule has 0 spiro atoms. The van der Waals surface area contributed by atoms with Gasteiger partial charge in [-0.3, -0.25) is 4.79 Å². The van der Waals surface area contributed by atoms with Gasteiger partial charge in [-0.05, 0) is 33.3 Å². The third kappa shape index (κ3) is 4.58. The highest BCUT2D eigenvalue weighted by molar-refractivity contribution is 5.81. The van der Waals surface area contributed by atoms with Crippen LogP contribution in [0.1, 0.15) is 37.0 Å². The minimum absolute atomic E-state index is 0.206. The van der Waals surface area contributed by atoms with Crippen molar-refractivity contribution in [3.8, 4) is 0 Å². The number of benzene rings is 1. The molecule has 0 atom stereocenters. The van der Waals surface area contributed by atoms with E-state index in [9.17, 15) is 4.79 Å². The smallest absolute Gasteiger partial charge is 0.139 e. The van der Waals surface area contributed by atoms with Crippen LogP contribution in [0.15, 0.2) is 18.2 Å². The van der Waals surface area contributed by atoms with Gasteiger partial charge in [-0.2, -0.15) is 0 Å². The molecule has 0 aromatic heterocycles. The maximum atomic E-state index is 11.8. The van der Waals surface area contributed by atoms with Crippen molar-refractivity contribution in [3.05, 3.63) is 34.9 Å². The first kappa shape index (κ1) is 12.9. The summed E-state index contributed by atoms with van der Waals surface area (Å²) in [7, 11) is 0. The lowest BCUT2D eigenvalue weighted by Crippen LogP contribution is -2.35. The second kappa shape index (κ2) is 4.79. The van der Waals surface area contributed by atoms with Crippen molar-refractivity contribution in [2.45, 2.75) is 46.1 Å². The second-order valence-electron chi connectivity index (χ2n) is 5.38. The molecule has 0 aliphatic carbocycles. The van der Waals surface area contributed by atoms with Crippen LogP contribution in [0.25, 0.3) is 0 Å². The molecular weight excluding hydrogens is 198 g/mol. The molecule has 1 aromatic carbocycles. The Hall–Kier alpha value is -1.15. The zero-order valence-corrected chi connectivity index (χ0v) is 10.6. The van der Waals surface area contributed by atoms with Crippen LogP contribution in [0.5, 0.6) is 0 Å². The van der Waals surface area contributed by atoms with Gasteiger partial charge in [-0.25, -0.2) is 0 Å². The van der Waals surface area contributed by atoms with Crippen LogP contribution in [0, 0.1) is 13.8 Å². The Kier molecular flexibility index (Phi) is 3.87. The summed E-state index contributed by atoms with van der Waals surface area (Å²) in [6, 6.07) is 6.24. The quantitative estimate of drug-likeness (QED) is 0.845. The number of carbonyl (C=O) groups is 1. The Morgan fingerprint density at radius 3 is 2.12 bits per heavy atom. The molecule has 1 aromatic rings. The molecule has 2 N–H and O–H groups in total. The third-order valence-electron chi connectivity index (χ3n) is 2.34. The van der Waals surface area contributed by atoms with Crippen LogP contribution in [-0.2, 0) is 11.2 Å². The van der Waals surface area contributed by atoms with Crippen LogP contribution in [0.3, 0.4) is 0 Å². The maximum Gasteiger partial charge on any atom is 0.139 e. The third-order valence-corrected chi connectivity index (χ3v) is 2.34. The van der Waals surface area contributed by atoms with Gasteiger partial charge in [0.1, 0.15) is 5.78 Å². The number of ketones is 1. The molecule has 0 amide bonds. The predicted octanol–water partition coefficient (Wildman–Crippen LogP) is 2.54. The van der Waals surface area contributed by atoms with Crippen molar-refractivity contribution in [1.82, 2.24) is 0 Å². The normalized spacial score (nSPS) is 11.6. The molecule has 2 nitrogen and oxygen atoms in total. The molecule has 0 fully saturated rings. The van der Waals surface area contributed by atoms with Gasteiger partial charge in [0.2, 0.25) is 0 Å². The molecule has 0 bridgehead atoms. The lowest BCUT2D eigenvalue weighted by Gasteiger charge is -2.17. The Bertz CT molecular complexity index is 368. The summed E-state index contributed by atoms with van der Waals surface area (Å²) in [6.45, 7) is 7.86. The summed E-state index contributed by atoms with van der Waals surface area (Å²) < 4.78 is 0. The van der Waals surface area contributed by atoms with Crippen molar-refractivity contribution in [3.63, 3.8) is 0 Å². The zero-order chi connectivity index (χ0) is 12.3. The van der Waals surface area contributed by atoms with E-state index in [2.05, 4.69) is 18.2 Å². The second-order valence-corrected chi connectivity index (χ2v) is 5.38. The number of aryl methyl sites for hydroxylation is 2. The van der Waals surface area contributed by atoms with E-state index in [1.807, 2.05) is 27.7 Å². The standard InChI is InChI=1S/C14H21NO/c1-10-5-11(2)7-12(6-10)8-13(16)9-14(3,4)15/h5-7H,8-9,15H2,1-4H3. The molecule has 1 rings (SSSR count). The molecule has 88 valence electrons. The molecular formula is C14H21NO. The van der Waals surface area contributed by atoms with E-state index >= 15 is 0 Å². The van der Waals surface area contributed by atoms with E-state index in [-0.39, 0.29) is 5.78 Å². The van der Waals surface area contributed by atoms with E-state index in [1.54, 1.807) is 0 Å². The highest BCUT2D eigenvalue weighted by Gasteiger charge is 2.16. The first-order valence-corrected chi connectivity index (χ1v) is 5.64. The van der Waals surface area contributed by atoms with Gasteiger partial charge in [-0.15, -0.1) is 0 Å². The van der Waals surface area contributed by atoms with Crippen molar-refractivity contribution < 1.29 is 4.79 Å². The topological polar surface area (TPSA) is 43.1 Å². The predicted molar refractivity (Wildman–Crippen MR) is 67.5 cm³/mol. The molecule has 0 unspecified atom stereocenters. The van der Waals surface area contributed by atoms with Crippen LogP contribution in [0.4, 0.5) is 0 Å². The van der Waals surface area contributed by atoms with Crippen molar-refractivity contribution in [2.75, 3.05) is 0 Å². The number of rotatable bonds is 4. The Balaban J connectivity index is 2.70. The molecule has 0 radical (unpaired) electrons. The maximum absolute atomic E-state index is 11.8. The summed E-state index contributed by atoms with van der Waals surface area (Å²) in [5.41, 5.74) is 8.92. The van der Waals surface area contributed by atoms with Crippen molar-refractivity contribution >= 4 is 5.78 Å². The van der Waals surface area contributed by atoms with Gasteiger partial charge in [0.15, 0.2) is 0 Å². The fraction of sp³-hybridized carbons (Fsp3) is 0.500. The van der Waals surface area contributed by atoms with E-state index in [4.69, 9.17) is 5.73 Å². The lowest BCUT2D eigenvalue weighted by molar-refractivity contribution is -0.119. The minimum atomic E-state index is -0.407. The van der Waals surface area contributed by atoms with Crippen molar-refractivity contribution in [2.24, 2.45) is 5.73 Å². The van der Waals surface area contributed by atoms with Gasteiger partial charge >= 0.3 is 0 Å². The highest BCUT2D eigenvalue weighted by atomic mass is 16.1. The average Bonchev–Trinajstić information content (AvgIpc) is 1.96. The fourth-order valence-corrected chi connectivity index (χ4v) is 1.97. The summed E-state index contributed by atoms with van der Waals surface area (Å²) in [4.78, 5) is 11.8. The average molecular weight is 219 g/mol. The number of Topliss-reactive ketones (excluding diaryl/α,β-unsaturated/α-hetero) is 1. The summed E-state index contributed by atoms with van der Waals surface area (Å²) >= 11 is 0. The molecule has 0 heterocycles. The first-order valence-electron chi connectivity index (χ1n) is 5.64. The van der Waals surface area contributed by atoms with Gasteiger partial charge in [0.05, 0.1) is 0 Å². The van der Waals surface area contributed by atoms with Crippen LogP contribution < -0.4 is 5.73 Å². The summed E-state index contributed by atoms with van der Waals surface area (Å²) in [5, 5.41) is 0. The van der Waals surface area contributed by atoms with Crippen LogP contribution in [0.2, 0.25) is 0 Å². The Labute approximate surface area is 97.9 Å². The molecule has 2 heteroatoms. The van der Waals surface area contributed by atoms with E-state index in [0.29, 0.717) is 12.8 Å². The molecule has 0 aliphatic rings. The summed E-state index contributed by atoms with van der Waals surface area (Å²) in [6.07, 6.45) is 0.920. The first-order chi connectivity index (χ1) is 7.26. The number of nitrogens with two attached hydrogens (primary N) is 1. The zero-order valence-electron chi connectivity index (χ0n) is 10.6. The highest BCUT2D eigenvalue weighted by Crippen LogP contribution is 2.12. The van der Waals surface area contributed by atoms with Gasteiger partial charge in [-0.1, -0.05) is 29.3 Å². The number of hydrogen-bond acceptors (Lipinski definition) is 2. The van der Waals surface area contributed by atoms with E-state index in [1.165, 1.54) is 11.1 Å². The Morgan fingerprint density at radius 1 is 1.19 bits per heavy atom. The Morgan fingerprint density at radius 2 is 1.69 bits per heavy atom. The number of hydrogen-bond donors (Lipinski definition) is 1. The van der Waals surface area contributed by atoms with Gasteiger partial charge in [0, 0.05) is 18.4 Å². The molecule has 0 saturated carbocycles. The molecule has 0 aliphatic heterocycles. The summed E-state index contributed by atoms with van der Waals surface area (Å²) in [5.74, 6) is 0.206. The van der Waals surface area contributed by atoms with E-state index in [0.717, 1.165) is 5.56 Å². The largest absolute Gasteiger partial charge is 0.325 e. The van der Waals surface area contributed by atoms with E-state index < -0.39 is 5.54 Å². The van der Waals surface area contributed by atoms with Crippen molar-refractivity contribution in [1.29, 1.82) is 0 Å². The minimum Gasteiger partial charge on any atom is -0.325 e. The molecule has 16 heavy (non-hydrogen) atoms.